The predicted molar refractivity (Wildman–Crippen MR) is 87.9 cm³/mol. The Bertz CT molecular complexity index is 754. The average Bonchev–Trinajstić information content (AvgIpc) is 2.91. The van der Waals surface area contributed by atoms with Gasteiger partial charge in [-0.3, -0.25) is 4.68 Å². The van der Waals surface area contributed by atoms with Gasteiger partial charge in [-0.05, 0) is 44.9 Å². The molecule has 2 rings (SSSR count). The summed E-state index contributed by atoms with van der Waals surface area (Å²) in [5.74, 6) is -0.392. The third kappa shape index (κ3) is 3.98. The highest BCUT2D eigenvalue weighted by molar-refractivity contribution is 5.96. The van der Waals surface area contributed by atoms with Crippen molar-refractivity contribution in [2.75, 3.05) is 0 Å². The highest BCUT2D eigenvalue weighted by atomic mass is 16.5. The first-order chi connectivity index (χ1) is 10.9. The van der Waals surface area contributed by atoms with Crippen molar-refractivity contribution >= 4 is 5.97 Å². The molecule has 0 unspecified atom stereocenters. The minimum Gasteiger partial charge on any atom is -0.459 e. The average molecular weight is 311 g/mol. The van der Waals surface area contributed by atoms with Crippen molar-refractivity contribution in [1.29, 1.82) is 5.26 Å². The molecule has 0 radical (unpaired) electrons. The Balaban J connectivity index is 2.46. The number of carbonyl (C=O) groups is 1. The van der Waals surface area contributed by atoms with Crippen LogP contribution in [0.5, 0.6) is 0 Å². The summed E-state index contributed by atoms with van der Waals surface area (Å²) in [6.45, 7) is 8.14. The van der Waals surface area contributed by atoms with E-state index in [4.69, 9.17) is 10.00 Å². The number of hydrogen-bond donors (Lipinski definition) is 0. The molecule has 0 aliphatic rings. The topological polar surface area (TPSA) is 67.9 Å². The maximum Gasteiger partial charge on any atom is 0.342 e. The second-order valence-electron chi connectivity index (χ2n) is 5.82. The van der Waals surface area contributed by atoms with Crippen LogP contribution in [0.1, 0.15) is 41.8 Å². The van der Waals surface area contributed by atoms with E-state index in [0.29, 0.717) is 24.2 Å². The summed E-state index contributed by atoms with van der Waals surface area (Å²) in [7, 11) is 0. The van der Waals surface area contributed by atoms with Crippen LogP contribution in [-0.2, 0) is 11.3 Å². The monoisotopic (exact) mass is 311 g/mol. The van der Waals surface area contributed by atoms with E-state index in [0.717, 1.165) is 11.1 Å². The maximum atomic E-state index is 12.3. The molecule has 0 saturated carbocycles. The van der Waals surface area contributed by atoms with Crippen LogP contribution in [0, 0.1) is 25.2 Å². The third-order valence-electron chi connectivity index (χ3n) is 3.56. The highest BCUT2D eigenvalue weighted by Gasteiger charge is 2.20. The molecule has 1 aromatic carbocycles. The second kappa shape index (κ2) is 7.10. The van der Waals surface area contributed by atoms with Crippen molar-refractivity contribution in [1.82, 2.24) is 9.78 Å². The molecular formula is C18H21N3O2. The maximum absolute atomic E-state index is 12.3. The molecular weight excluding hydrogens is 290 g/mol. The van der Waals surface area contributed by atoms with Gasteiger partial charge in [0.25, 0.3) is 0 Å². The number of nitrogens with zero attached hydrogens (tertiary/aromatic N) is 3. The first-order valence-corrected chi connectivity index (χ1v) is 7.65. The summed E-state index contributed by atoms with van der Waals surface area (Å²) >= 11 is 0. The number of aryl methyl sites for hydroxylation is 3. The zero-order valence-electron chi connectivity index (χ0n) is 14.0. The van der Waals surface area contributed by atoms with E-state index < -0.39 is 5.97 Å². The van der Waals surface area contributed by atoms with Crippen LogP contribution >= 0.6 is 0 Å². The SMILES string of the molecule is Cc1ccc(-c2nn(CCC#N)cc2C(=O)OC(C)C)cc1C. The zero-order valence-corrected chi connectivity index (χ0v) is 14.0. The van der Waals surface area contributed by atoms with Crippen LogP contribution in [0.4, 0.5) is 0 Å². The van der Waals surface area contributed by atoms with Crippen molar-refractivity contribution in [2.24, 2.45) is 0 Å². The van der Waals surface area contributed by atoms with Crippen LogP contribution in [0.15, 0.2) is 24.4 Å². The summed E-state index contributed by atoms with van der Waals surface area (Å²) < 4.78 is 6.94. The Morgan fingerprint density at radius 1 is 1.35 bits per heavy atom. The molecule has 0 bridgehead atoms. The summed E-state index contributed by atoms with van der Waals surface area (Å²) in [5, 5.41) is 13.2. The molecule has 0 amide bonds. The van der Waals surface area contributed by atoms with Gasteiger partial charge in [-0.15, -0.1) is 0 Å². The number of aromatic nitrogens is 2. The Morgan fingerprint density at radius 3 is 2.70 bits per heavy atom. The third-order valence-corrected chi connectivity index (χ3v) is 3.56. The van der Waals surface area contributed by atoms with Crippen molar-refractivity contribution in [3.8, 4) is 17.3 Å². The number of hydrogen-bond acceptors (Lipinski definition) is 4. The molecule has 1 aromatic heterocycles. The fraction of sp³-hybridized carbons (Fsp3) is 0.389. The molecule has 5 heteroatoms. The van der Waals surface area contributed by atoms with Gasteiger partial charge < -0.3 is 4.74 Å². The summed E-state index contributed by atoms with van der Waals surface area (Å²) in [6.07, 6.45) is 1.80. The van der Waals surface area contributed by atoms with Gasteiger partial charge in [0.15, 0.2) is 0 Å². The van der Waals surface area contributed by atoms with E-state index in [2.05, 4.69) is 11.2 Å². The van der Waals surface area contributed by atoms with E-state index in [9.17, 15) is 4.79 Å². The molecule has 0 N–H and O–H groups in total. The normalized spacial score (nSPS) is 10.6. The number of carbonyl (C=O) groups excluding carboxylic acids is 1. The molecule has 5 nitrogen and oxygen atoms in total. The summed E-state index contributed by atoms with van der Waals surface area (Å²) in [5.41, 5.74) is 4.22. The van der Waals surface area contributed by atoms with Gasteiger partial charge in [0, 0.05) is 11.8 Å². The lowest BCUT2D eigenvalue weighted by Crippen LogP contribution is -2.11. The van der Waals surface area contributed by atoms with E-state index in [1.807, 2.05) is 45.9 Å². The first kappa shape index (κ1) is 16.8. The van der Waals surface area contributed by atoms with Gasteiger partial charge in [-0.2, -0.15) is 10.4 Å². The lowest BCUT2D eigenvalue weighted by atomic mass is 10.0. The fourth-order valence-electron chi connectivity index (χ4n) is 2.23. The Hall–Kier alpha value is -2.61. The van der Waals surface area contributed by atoms with Crippen molar-refractivity contribution < 1.29 is 9.53 Å². The molecule has 1 heterocycles. The zero-order chi connectivity index (χ0) is 17.0. The minimum atomic E-state index is -0.392. The number of rotatable bonds is 5. The Morgan fingerprint density at radius 2 is 2.09 bits per heavy atom. The van der Waals surface area contributed by atoms with Crippen LogP contribution in [0.2, 0.25) is 0 Å². The number of ether oxygens (including phenoxy) is 1. The van der Waals surface area contributed by atoms with Crippen molar-refractivity contribution in [3.63, 3.8) is 0 Å². The number of benzene rings is 1. The quantitative estimate of drug-likeness (QED) is 0.790. The molecule has 0 aliphatic carbocycles. The van der Waals surface area contributed by atoms with Gasteiger partial charge in [0.2, 0.25) is 0 Å². The summed E-state index contributed by atoms with van der Waals surface area (Å²) in [6, 6.07) is 8.06. The molecule has 0 fully saturated rings. The number of nitriles is 1. The van der Waals surface area contributed by atoms with Crippen molar-refractivity contribution in [3.05, 3.63) is 41.1 Å². The molecule has 2 aromatic rings. The van der Waals surface area contributed by atoms with Crippen molar-refractivity contribution in [2.45, 2.75) is 46.8 Å². The lowest BCUT2D eigenvalue weighted by molar-refractivity contribution is 0.0378. The molecule has 120 valence electrons. The molecule has 0 spiro atoms. The largest absolute Gasteiger partial charge is 0.459 e. The lowest BCUT2D eigenvalue weighted by Gasteiger charge is -2.08. The smallest absolute Gasteiger partial charge is 0.342 e. The number of esters is 1. The van der Waals surface area contributed by atoms with Crippen LogP contribution in [0.25, 0.3) is 11.3 Å². The van der Waals surface area contributed by atoms with Gasteiger partial charge in [0.1, 0.15) is 11.3 Å². The van der Waals surface area contributed by atoms with Gasteiger partial charge >= 0.3 is 5.97 Å². The van der Waals surface area contributed by atoms with Crippen LogP contribution < -0.4 is 0 Å². The molecule has 0 aliphatic heterocycles. The van der Waals surface area contributed by atoms with Gasteiger partial charge in [-0.1, -0.05) is 12.1 Å². The molecule has 0 atom stereocenters. The van der Waals surface area contributed by atoms with Crippen LogP contribution in [-0.4, -0.2) is 21.9 Å². The van der Waals surface area contributed by atoms with Gasteiger partial charge in [0.05, 0.1) is 25.1 Å². The fourth-order valence-corrected chi connectivity index (χ4v) is 2.23. The van der Waals surface area contributed by atoms with E-state index >= 15 is 0 Å². The van der Waals surface area contributed by atoms with Gasteiger partial charge in [-0.25, -0.2) is 4.79 Å². The summed E-state index contributed by atoms with van der Waals surface area (Å²) in [4.78, 5) is 12.3. The Labute approximate surface area is 136 Å². The van der Waals surface area contributed by atoms with Crippen LogP contribution in [0.3, 0.4) is 0 Å². The minimum absolute atomic E-state index is 0.197. The highest BCUT2D eigenvalue weighted by Crippen LogP contribution is 2.25. The predicted octanol–water partition coefficient (Wildman–Crippen LogP) is 3.65. The Kier molecular flexibility index (Phi) is 5.17. The second-order valence-corrected chi connectivity index (χ2v) is 5.82. The van der Waals surface area contributed by atoms with E-state index in [1.165, 1.54) is 5.56 Å². The molecule has 23 heavy (non-hydrogen) atoms. The first-order valence-electron chi connectivity index (χ1n) is 7.65. The molecule has 0 saturated heterocycles. The standard InChI is InChI=1S/C18H21N3O2/c1-12(2)23-18(22)16-11-21(9-5-8-19)20-17(16)15-7-6-13(3)14(4)10-15/h6-7,10-12H,5,9H2,1-4H3. The van der Waals surface area contributed by atoms with E-state index in [1.54, 1.807) is 10.9 Å². The van der Waals surface area contributed by atoms with E-state index in [-0.39, 0.29) is 6.10 Å².